The number of hydrogen-bond acceptors (Lipinski definition) is 4. The van der Waals surface area contributed by atoms with Crippen molar-refractivity contribution < 1.29 is 27.5 Å². The lowest BCUT2D eigenvalue weighted by atomic mass is 10.1. The molecule has 0 aliphatic carbocycles. The summed E-state index contributed by atoms with van der Waals surface area (Å²) in [7, 11) is 0. The Morgan fingerprint density at radius 1 is 1.04 bits per heavy atom. The summed E-state index contributed by atoms with van der Waals surface area (Å²) in [4.78, 5) is 23.0. The van der Waals surface area contributed by atoms with Gasteiger partial charge in [-0.15, -0.1) is 0 Å². The van der Waals surface area contributed by atoms with E-state index in [0.717, 1.165) is 23.9 Å². The van der Waals surface area contributed by atoms with Crippen molar-refractivity contribution in [3.8, 4) is 11.5 Å². The van der Waals surface area contributed by atoms with Gasteiger partial charge in [-0.05, 0) is 42.1 Å². The largest absolute Gasteiger partial charge is 0.457 e. The highest BCUT2D eigenvalue weighted by molar-refractivity contribution is 8.18. The Balaban J connectivity index is 1.91. The smallest absolute Gasteiger partial charge is 0.416 e. The first-order chi connectivity index (χ1) is 11.8. The van der Waals surface area contributed by atoms with Crippen molar-refractivity contribution in [2.45, 2.75) is 6.18 Å². The number of alkyl halides is 3. The molecule has 0 unspecified atom stereocenters. The van der Waals surface area contributed by atoms with Gasteiger partial charge in [-0.25, -0.2) is 0 Å². The molecule has 1 aliphatic rings. The summed E-state index contributed by atoms with van der Waals surface area (Å²) in [6.07, 6.45) is -3.02. The number of carbonyl (C=O) groups excluding carboxylic acids is 2. The standard InChI is InChI=1S/C17H10F3NO3S/c18-17(19,20)11-5-3-6-12(9-11)24-13-7-2-1-4-10(13)8-14-15(22)21-16(23)25-14/h1-9H,(H,21,22,23)/b14-8+. The quantitative estimate of drug-likeness (QED) is 0.792. The summed E-state index contributed by atoms with van der Waals surface area (Å²) >= 11 is 0.747. The highest BCUT2D eigenvalue weighted by Gasteiger charge is 2.30. The van der Waals surface area contributed by atoms with E-state index in [1.807, 2.05) is 0 Å². The number of thioether (sulfide) groups is 1. The van der Waals surface area contributed by atoms with Crippen LogP contribution in [0.1, 0.15) is 11.1 Å². The van der Waals surface area contributed by atoms with Crippen LogP contribution < -0.4 is 10.1 Å². The van der Waals surface area contributed by atoms with Crippen LogP contribution in [0.5, 0.6) is 11.5 Å². The summed E-state index contributed by atoms with van der Waals surface area (Å²) in [6.45, 7) is 0. The molecular formula is C17H10F3NO3S. The second-order valence-electron chi connectivity index (χ2n) is 5.02. The fraction of sp³-hybridized carbons (Fsp3) is 0.0588. The molecule has 1 aliphatic heterocycles. The van der Waals surface area contributed by atoms with Gasteiger partial charge in [0.15, 0.2) is 0 Å². The SMILES string of the molecule is O=C1NC(=O)/C(=C\c2ccccc2Oc2cccc(C(F)(F)F)c2)S1. The minimum atomic E-state index is -4.47. The average Bonchev–Trinajstić information content (AvgIpc) is 2.86. The van der Waals surface area contributed by atoms with Gasteiger partial charge in [-0.1, -0.05) is 24.3 Å². The molecule has 3 rings (SSSR count). The number of ether oxygens (including phenoxy) is 1. The monoisotopic (exact) mass is 365 g/mol. The van der Waals surface area contributed by atoms with Gasteiger partial charge in [0.05, 0.1) is 10.5 Å². The van der Waals surface area contributed by atoms with Crippen molar-refractivity contribution in [3.63, 3.8) is 0 Å². The van der Waals surface area contributed by atoms with Crippen LogP contribution in [0.4, 0.5) is 18.0 Å². The van der Waals surface area contributed by atoms with Gasteiger partial charge < -0.3 is 4.74 Å². The maximum Gasteiger partial charge on any atom is 0.416 e. The zero-order chi connectivity index (χ0) is 18.0. The number of imide groups is 1. The van der Waals surface area contributed by atoms with Crippen LogP contribution in [0, 0.1) is 0 Å². The Hall–Kier alpha value is -2.74. The van der Waals surface area contributed by atoms with E-state index in [2.05, 4.69) is 5.32 Å². The Kier molecular flexibility index (Phi) is 4.54. The first kappa shape index (κ1) is 17.1. The molecule has 1 N–H and O–H groups in total. The molecule has 0 aromatic heterocycles. The van der Waals surface area contributed by atoms with E-state index in [0.29, 0.717) is 5.56 Å². The van der Waals surface area contributed by atoms with Crippen molar-refractivity contribution in [2.24, 2.45) is 0 Å². The maximum atomic E-state index is 12.8. The lowest BCUT2D eigenvalue weighted by molar-refractivity contribution is -0.137. The molecular weight excluding hydrogens is 355 g/mol. The van der Waals surface area contributed by atoms with Gasteiger partial charge in [0.25, 0.3) is 11.1 Å². The summed E-state index contributed by atoms with van der Waals surface area (Å²) in [5, 5.41) is 1.65. The van der Waals surface area contributed by atoms with Crippen LogP contribution in [0.2, 0.25) is 0 Å². The van der Waals surface area contributed by atoms with E-state index in [1.54, 1.807) is 24.3 Å². The molecule has 25 heavy (non-hydrogen) atoms. The predicted octanol–water partition coefficient (Wildman–Crippen LogP) is 4.82. The molecule has 2 aromatic rings. The van der Waals surface area contributed by atoms with E-state index in [4.69, 9.17) is 4.74 Å². The number of hydrogen-bond donors (Lipinski definition) is 1. The Morgan fingerprint density at radius 2 is 1.80 bits per heavy atom. The molecule has 128 valence electrons. The molecule has 8 heteroatoms. The number of carbonyl (C=O) groups is 2. The van der Waals surface area contributed by atoms with Crippen LogP contribution in [0.3, 0.4) is 0 Å². The number of para-hydroxylation sites is 1. The van der Waals surface area contributed by atoms with Crippen LogP contribution in [-0.2, 0) is 11.0 Å². The van der Waals surface area contributed by atoms with Crippen molar-refractivity contribution in [3.05, 3.63) is 64.6 Å². The third-order valence-corrected chi connectivity index (χ3v) is 4.05. The highest BCUT2D eigenvalue weighted by atomic mass is 32.2. The molecule has 2 aromatic carbocycles. The van der Waals surface area contributed by atoms with Gasteiger partial charge in [0.2, 0.25) is 0 Å². The van der Waals surface area contributed by atoms with E-state index in [1.165, 1.54) is 18.2 Å². The summed E-state index contributed by atoms with van der Waals surface area (Å²) in [5.41, 5.74) is -0.357. The normalized spacial score (nSPS) is 16.2. The predicted molar refractivity (Wildman–Crippen MR) is 87.1 cm³/mol. The minimum absolute atomic E-state index is 0.0141. The van der Waals surface area contributed by atoms with E-state index in [-0.39, 0.29) is 16.4 Å². The van der Waals surface area contributed by atoms with Gasteiger partial charge >= 0.3 is 6.18 Å². The van der Waals surface area contributed by atoms with E-state index < -0.39 is 22.9 Å². The number of rotatable bonds is 3. The number of amides is 2. The first-order valence-electron chi connectivity index (χ1n) is 7.02. The van der Waals surface area contributed by atoms with Crippen LogP contribution in [0.25, 0.3) is 6.08 Å². The zero-order valence-corrected chi connectivity index (χ0v) is 13.3. The van der Waals surface area contributed by atoms with Gasteiger partial charge in [0, 0.05) is 5.56 Å². The third kappa shape index (κ3) is 4.03. The molecule has 1 heterocycles. The summed E-state index contributed by atoms with van der Waals surface area (Å²) in [6, 6.07) is 11.0. The Labute approximate surface area is 144 Å². The molecule has 2 amide bonds. The molecule has 0 atom stereocenters. The molecule has 0 spiro atoms. The fourth-order valence-corrected chi connectivity index (χ4v) is 2.79. The average molecular weight is 365 g/mol. The van der Waals surface area contributed by atoms with Crippen molar-refractivity contribution in [1.82, 2.24) is 5.32 Å². The fourth-order valence-electron chi connectivity index (χ4n) is 2.12. The van der Waals surface area contributed by atoms with Gasteiger partial charge in [-0.2, -0.15) is 13.2 Å². The van der Waals surface area contributed by atoms with Crippen LogP contribution in [0.15, 0.2) is 53.4 Å². The number of halogens is 3. The maximum absolute atomic E-state index is 12.8. The van der Waals surface area contributed by atoms with E-state index in [9.17, 15) is 22.8 Å². The van der Waals surface area contributed by atoms with Crippen molar-refractivity contribution in [1.29, 1.82) is 0 Å². The van der Waals surface area contributed by atoms with Crippen molar-refractivity contribution in [2.75, 3.05) is 0 Å². The third-order valence-electron chi connectivity index (χ3n) is 3.24. The second-order valence-corrected chi connectivity index (χ2v) is 6.03. The highest BCUT2D eigenvalue weighted by Crippen LogP contribution is 2.34. The molecule has 4 nitrogen and oxygen atoms in total. The summed E-state index contributed by atoms with van der Waals surface area (Å²) in [5.74, 6) is -0.244. The molecule has 1 saturated heterocycles. The Morgan fingerprint density at radius 3 is 2.48 bits per heavy atom. The zero-order valence-electron chi connectivity index (χ0n) is 12.5. The molecule has 1 fully saturated rings. The summed E-state index contributed by atoms with van der Waals surface area (Å²) < 4.78 is 43.9. The number of nitrogens with one attached hydrogen (secondary N) is 1. The van der Waals surface area contributed by atoms with Crippen LogP contribution >= 0.6 is 11.8 Å². The van der Waals surface area contributed by atoms with Crippen LogP contribution in [-0.4, -0.2) is 11.1 Å². The molecule has 0 radical (unpaired) electrons. The second kappa shape index (κ2) is 6.64. The number of benzene rings is 2. The van der Waals surface area contributed by atoms with Gasteiger partial charge in [0.1, 0.15) is 11.5 Å². The molecule has 0 bridgehead atoms. The van der Waals surface area contributed by atoms with E-state index >= 15 is 0 Å². The topological polar surface area (TPSA) is 55.4 Å². The lowest BCUT2D eigenvalue weighted by Crippen LogP contribution is -2.17. The van der Waals surface area contributed by atoms with Crippen molar-refractivity contribution >= 4 is 29.0 Å². The lowest BCUT2D eigenvalue weighted by Gasteiger charge is -2.11. The minimum Gasteiger partial charge on any atom is -0.457 e. The Bertz CT molecular complexity index is 877. The van der Waals surface area contributed by atoms with Gasteiger partial charge in [-0.3, -0.25) is 14.9 Å². The first-order valence-corrected chi connectivity index (χ1v) is 7.83. The molecule has 0 saturated carbocycles.